The fraction of sp³-hybridized carbons (Fsp3) is 0.455. The van der Waals surface area contributed by atoms with Gasteiger partial charge in [0, 0.05) is 26.4 Å². The predicted molar refractivity (Wildman–Crippen MR) is 68.3 cm³/mol. The van der Waals surface area contributed by atoms with Crippen molar-refractivity contribution in [3.05, 3.63) is 29.6 Å². The molecule has 4 nitrogen and oxygen atoms in total. The highest BCUT2D eigenvalue weighted by Gasteiger charge is 2.08. The van der Waals surface area contributed by atoms with Crippen molar-refractivity contribution in [3.63, 3.8) is 0 Å². The van der Waals surface area contributed by atoms with Crippen LogP contribution in [0.15, 0.2) is 18.3 Å². The monoisotopic (exact) mass is 239 g/mol. The molecule has 5 heteroatoms. The first kappa shape index (κ1) is 13.0. The van der Waals surface area contributed by atoms with Gasteiger partial charge >= 0.3 is 0 Å². The van der Waals surface area contributed by atoms with Crippen LogP contribution in [0.1, 0.15) is 11.3 Å². The predicted octanol–water partition coefficient (Wildman–Crippen LogP) is 0.794. The van der Waals surface area contributed by atoms with Crippen LogP contribution in [0.3, 0.4) is 0 Å². The maximum atomic E-state index is 5.62. The summed E-state index contributed by atoms with van der Waals surface area (Å²) in [5.41, 5.74) is 7.38. The van der Waals surface area contributed by atoms with Crippen LogP contribution in [0.4, 0.5) is 0 Å². The standard InChI is InChI=1S/C11H17N3OS/c1-14(6-7-15-2)8-9-4-3-5-13-10(9)11(12)16/h3-5H,6-8H2,1-2H3,(H2,12,16). The molecule has 0 spiro atoms. The van der Waals surface area contributed by atoms with Crippen LogP contribution in [0.2, 0.25) is 0 Å². The molecule has 0 unspecified atom stereocenters. The number of hydrogen-bond acceptors (Lipinski definition) is 4. The lowest BCUT2D eigenvalue weighted by molar-refractivity contribution is 0.158. The Hall–Kier alpha value is -1.04. The molecule has 1 heterocycles. The Kier molecular flexibility index (Phi) is 5.31. The zero-order valence-corrected chi connectivity index (χ0v) is 10.5. The Bertz CT molecular complexity index is 357. The maximum Gasteiger partial charge on any atom is 0.123 e. The van der Waals surface area contributed by atoms with Gasteiger partial charge in [0.25, 0.3) is 0 Å². The van der Waals surface area contributed by atoms with E-state index in [-0.39, 0.29) is 0 Å². The van der Waals surface area contributed by atoms with Crippen molar-refractivity contribution in [2.24, 2.45) is 5.73 Å². The minimum atomic E-state index is 0.343. The molecule has 0 fully saturated rings. The molecule has 0 bridgehead atoms. The molecule has 2 N–H and O–H groups in total. The van der Waals surface area contributed by atoms with Gasteiger partial charge in [0.15, 0.2) is 0 Å². The highest BCUT2D eigenvalue weighted by Crippen LogP contribution is 2.07. The first-order valence-electron chi connectivity index (χ1n) is 5.06. The molecule has 0 aliphatic carbocycles. The third kappa shape index (κ3) is 3.84. The van der Waals surface area contributed by atoms with E-state index in [4.69, 9.17) is 22.7 Å². The van der Waals surface area contributed by atoms with Crippen molar-refractivity contribution >= 4 is 17.2 Å². The Balaban J connectivity index is 2.69. The molecule has 1 aromatic heterocycles. The second-order valence-corrected chi connectivity index (χ2v) is 4.05. The number of nitrogens with two attached hydrogens (primary N) is 1. The molecular weight excluding hydrogens is 222 g/mol. The van der Waals surface area contributed by atoms with Crippen LogP contribution in [0.25, 0.3) is 0 Å². The second kappa shape index (κ2) is 6.52. The number of ether oxygens (including phenoxy) is 1. The lowest BCUT2D eigenvalue weighted by Crippen LogP contribution is -2.24. The SMILES string of the molecule is COCCN(C)Cc1cccnc1C(N)=S. The fourth-order valence-electron chi connectivity index (χ4n) is 1.41. The Labute approximate surface area is 101 Å². The van der Waals surface area contributed by atoms with Gasteiger partial charge in [-0.15, -0.1) is 0 Å². The molecule has 0 aromatic carbocycles. The molecule has 16 heavy (non-hydrogen) atoms. The van der Waals surface area contributed by atoms with Crippen molar-refractivity contribution in [3.8, 4) is 0 Å². The largest absolute Gasteiger partial charge is 0.388 e. The van der Waals surface area contributed by atoms with E-state index >= 15 is 0 Å². The summed E-state index contributed by atoms with van der Waals surface area (Å²) in [5, 5.41) is 0. The van der Waals surface area contributed by atoms with Gasteiger partial charge in [-0.05, 0) is 18.7 Å². The third-order valence-electron chi connectivity index (χ3n) is 2.24. The number of likely N-dealkylation sites (N-methyl/N-ethyl adjacent to an activating group) is 1. The summed E-state index contributed by atoms with van der Waals surface area (Å²) in [4.78, 5) is 6.67. The Morgan fingerprint density at radius 1 is 1.62 bits per heavy atom. The first-order valence-corrected chi connectivity index (χ1v) is 5.47. The third-order valence-corrected chi connectivity index (χ3v) is 2.44. The van der Waals surface area contributed by atoms with Crippen LogP contribution < -0.4 is 5.73 Å². The summed E-state index contributed by atoms with van der Waals surface area (Å²) >= 11 is 4.96. The summed E-state index contributed by atoms with van der Waals surface area (Å²) in [6, 6.07) is 3.88. The molecule has 0 saturated heterocycles. The number of nitrogens with zero attached hydrogens (tertiary/aromatic N) is 2. The number of aromatic nitrogens is 1. The van der Waals surface area contributed by atoms with Gasteiger partial charge in [-0.2, -0.15) is 0 Å². The van der Waals surface area contributed by atoms with Crippen LogP contribution >= 0.6 is 12.2 Å². The average Bonchev–Trinajstić information content (AvgIpc) is 2.27. The number of thiocarbonyl (C=S) groups is 1. The van der Waals surface area contributed by atoms with E-state index in [1.54, 1.807) is 13.3 Å². The van der Waals surface area contributed by atoms with Gasteiger partial charge in [0.2, 0.25) is 0 Å². The highest BCUT2D eigenvalue weighted by molar-refractivity contribution is 7.80. The average molecular weight is 239 g/mol. The molecule has 0 amide bonds. The van der Waals surface area contributed by atoms with Gasteiger partial charge in [-0.25, -0.2) is 0 Å². The van der Waals surface area contributed by atoms with E-state index in [1.807, 2.05) is 19.2 Å². The summed E-state index contributed by atoms with van der Waals surface area (Å²) in [7, 11) is 3.72. The van der Waals surface area contributed by atoms with E-state index in [0.717, 1.165) is 18.7 Å². The number of methoxy groups -OCH3 is 1. The number of hydrogen-bond donors (Lipinski definition) is 1. The number of rotatable bonds is 6. The van der Waals surface area contributed by atoms with Crippen molar-refractivity contribution in [2.75, 3.05) is 27.3 Å². The molecule has 1 aromatic rings. The Morgan fingerprint density at radius 3 is 3.00 bits per heavy atom. The van der Waals surface area contributed by atoms with E-state index in [0.29, 0.717) is 17.3 Å². The molecule has 0 aliphatic heterocycles. The molecule has 0 atom stereocenters. The van der Waals surface area contributed by atoms with Crippen LogP contribution in [-0.4, -0.2) is 42.2 Å². The van der Waals surface area contributed by atoms with E-state index in [9.17, 15) is 0 Å². The van der Waals surface area contributed by atoms with Crippen LogP contribution in [0, 0.1) is 0 Å². The van der Waals surface area contributed by atoms with Crippen molar-refractivity contribution < 1.29 is 4.74 Å². The lowest BCUT2D eigenvalue weighted by atomic mass is 10.2. The summed E-state index contributed by atoms with van der Waals surface area (Å²) in [6.07, 6.45) is 1.70. The molecule has 1 rings (SSSR count). The van der Waals surface area contributed by atoms with Crippen molar-refractivity contribution in [1.29, 1.82) is 0 Å². The molecule has 0 aliphatic rings. The summed E-state index contributed by atoms with van der Waals surface area (Å²) < 4.78 is 5.02. The summed E-state index contributed by atoms with van der Waals surface area (Å²) in [5.74, 6) is 0. The van der Waals surface area contributed by atoms with Crippen LogP contribution in [0.5, 0.6) is 0 Å². The smallest absolute Gasteiger partial charge is 0.123 e. The van der Waals surface area contributed by atoms with E-state index in [1.165, 1.54) is 0 Å². The quantitative estimate of drug-likeness (QED) is 0.744. The first-order chi connectivity index (χ1) is 7.65. The topological polar surface area (TPSA) is 51.4 Å². The van der Waals surface area contributed by atoms with Gasteiger partial charge in [0.05, 0.1) is 6.61 Å². The van der Waals surface area contributed by atoms with Crippen molar-refractivity contribution in [1.82, 2.24) is 9.88 Å². The fourth-order valence-corrected chi connectivity index (χ4v) is 1.59. The van der Waals surface area contributed by atoms with Gasteiger partial charge in [-0.1, -0.05) is 18.3 Å². The molecular formula is C11H17N3OS. The van der Waals surface area contributed by atoms with E-state index < -0.39 is 0 Å². The molecule has 0 radical (unpaired) electrons. The van der Waals surface area contributed by atoms with Gasteiger partial charge in [-0.3, -0.25) is 9.88 Å². The van der Waals surface area contributed by atoms with E-state index in [2.05, 4.69) is 9.88 Å². The van der Waals surface area contributed by atoms with Gasteiger partial charge < -0.3 is 10.5 Å². The van der Waals surface area contributed by atoms with Gasteiger partial charge in [0.1, 0.15) is 10.7 Å². The lowest BCUT2D eigenvalue weighted by Gasteiger charge is -2.17. The minimum absolute atomic E-state index is 0.343. The molecule has 88 valence electrons. The minimum Gasteiger partial charge on any atom is -0.388 e. The van der Waals surface area contributed by atoms with Crippen molar-refractivity contribution in [2.45, 2.75) is 6.54 Å². The highest BCUT2D eigenvalue weighted by atomic mass is 32.1. The Morgan fingerprint density at radius 2 is 2.38 bits per heavy atom. The number of pyridine rings is 1. The second-order valence-electron chi connectivity index (χ2n) is 3.61. The zero-order valence-electron chi connectivity index (χ0n) is 9.64. The van der Waals surface area contributed by atoms with Crippen LogP contribution in [-0.2, 0) is 11.3 Å². The summed E-state index contributed by atoms with van der Waals surface area (Å²) in [6.45, 7) is 2.34. The molecule has 0 saturated carbocycles. The zero-order chi connectivity index (χ0) is 12.0. The normalized spacial score (nSPS) is 10.7. The maximum absolute atomic E-state index is 5.62.